The van der Waals surface area contributed by atoms with E-state index in [4.69, 9.17) is 4.74 Å². The number of benzene rings is 2. The number of likely N-dealkylation sites (tertiary alicyclic amines) is 1. The summed E-state index contributed by atoms with van der Waals surface area (Å²) in [5.41, 5.74) is -0.0223. The van der Waals surface area contributed by atoms with Crippen LogP contribution in [0.15, 0.2) is 46.2 Å². The average Bonchev–Trinajstić information content (AvgIpc) is 2.78. The summed E-state index contributed by atoms with van der Waals surface area (Å²) in [5, 5.41) is 11.1. The minimum Gasteiger partial charge on any atom is -0.495 e. The molecule has 1 amide bonds. The summed E-state index contributed by atoms with van der Waals surface area (Å²) >= 11 is 1.37. The van der Waals surface area contributed by atoms with Crippen LogP contribution >= 0.6 is 11.8 Å². The maximum atomic E-state index is 13.1. The molecule has 1 saturated heterocycles. The van der Waals surface area contributed by atoms with E-state index in [0.29, 0.717) is 29.5 Å². The minimum absolute atomic E-state index is 0.0615. The predicted octanol–water partition coefficient (Wildman–Crippen LogP) is 4.00. The highest BCUT2D eigenvalue weighted by Gasteiger charge is 2.26. The van der Waals surface area contributed by atoms with Gasteiger partial charge in [0.05, 0.1) is 28.2 Å². The highest BCUT2D eigenvalue weighted by molar-refractivity contribution is 7.98. The van der Waals surface area contributed by atoms with Crippen LogP contribution in [0.1, 0.15) is 30.1 Å². The maximum absolute atomic E-state index is 13.1. The summed E-state index contributed by atoms with van der Waals surface area (Å²) in [5.74, 6) is 0.491. The predicted molar refractivity (Wildman–Crippen MR) is 123 cm³/mol. The molecule has 0 unspecified atom stereocenters. The summed E-state index contributed by atoms with van der Waals surface area (Å²) < 4.78 is 33.6. The minimum atomic E-state index is -4.14. The lowest BCUT2D eigenvalue weighted by molar-refractivity contribution is -0.384. The number of rotatable bonds is 7. The van der Waals surface area contributed by atoms with Gasteiger partial charge < -0.3 is 9.64 Å². The van der Waals surface area contributed by atoms with E-state index >= 15 is 0 Å². The molecular formula is C21H25N3O6S2. The van der Waals surface area contributed by atoms with Gasteiger partial charge in [0.2, 0.25) is 0 Å². The first-order valence-corrected chi connectivity index (χ1v) is 12.7. The number of piperidine rings is 1. The number of anilines is 1. The summed E-state index contributed by atoms with van der Waals surface area (Å²) in [6.07, 6.45) is 3.64. The zero-order valence-electron chi connectivity index (χ0n) is 18.0. The van der Waals surface area contributed by atoms with E-state index in [0.717, 1.165) is 18.9 Å². The Bertz CT molecular complexity index is 1130. The van der Waals surface area contributed by atoms with E-state index in [1.165, 1.54) is 43.1 Å². The fourth-order valence-corrected chi connectivity index (χ4v) is 5.15. The van der Waals surface area contributed by atoms with Gasteiger partial charge in [-0.05, 0) is 49.3 Å². The van der Waals surface area contributed by atoms with Crippen LogP contribution in [-0.4, -0.2) is 50.6 Å². The normalized spacial score (nSPS) is 14.8. The molecule has 0 saturated carbocycles. The highest BCUT2D eigenvalue weighted by atomic mass is 32.2. The molecule has 0 atom stereocenters. The number of ether oxygens (including phenoxy) is 1. The first-order chi connectivity index (χ1) is 15.2. The van der Waals surface area contributed by atoms with E-state index in [2.05, 4.69) is 11.6 Å². The fourth-order valence-electron chi connectivity index (χ4n) is 3.50. The molecule has 2 aromatic rings. The SMILES string of the molecule is COc1ccc([N+](=O)[O-])cc1NS(=O)(=O)c1ccc(SC)c(C(=O)N2CCC(C)CC2)c1. The van der Waals surface area contributed by atoms with Gasteiger partial charge in [-0.3, -0.25) is 19.6 Å². The molecule has 1 aliphatic rings. The molecule has 0 radical (unpaired) electrons. The molecular weight excluding hydrogens is 454 g/mol. The van der Waals surface area contributed by atoms with Crippen molar-refractivity contribution in [1.29, 1.82) is 0 Å². The van der Waals surface area contributed by atoms with E-state index in [1.807, 2.05) is 6.26 Å². The van der Waals surface area contributed by atoms with Crippen LogP contribution in [0, 0.1) is 16.0 Å². The number of nitrogens with one attached hydrogen (secondary N) is 1. The molecule has 32 heavy (non-hydrogen) atoms. The summed E-state index contributed by atoms with van der Waals surface area (Å²) in [6.45, 7) is 3.41. The maximum Gasteiger partial charge on any atom is 0.271 e. The fraction of sp³-hybridized carbons (Fsp3) is 0.381. The van der Waals surface area contributed by atoms with E-state index < -0.39 is 14.9 Å². The Morgan fingerprint density at radius 1 is 1.22 bits per heavy atom. The molecule has 0 aliphatic carbocycles. The third kappa shape index (κ3) is 5.16. The molecule has 3 rings (SSSR count). The average molecular weight is 480 g/mol. The second-order valence-electron chi connectivity index (χ2n) is 7.58. The number of sulfonamides is 1. The van der Waals surface area contributed by atoms with Crippen molar-refractivity contribution in [1.82, 2.24) is 4.90 Å². The topological polar surface area (TPSA) is 119 Å². The van der Waals surface area contributed by atoms with Crippen molar-refractivity contribution >= 4 is 39.1 Å². The molecule has 9 nitrogen and oxygen atoms in total. The Morgan fingerprint density at radius 3 is 2.50 bits per heavy atom. The zero-order valence-corrected chi connectivity index (χ0v) is 19.7. The van der Waals surface area contributed by atoms with Crippen LogP contribution in [0.2, 0.25) is 0 Å². The van der Waals surface area contributed by atoms with Crippen molar-refractivity contribution in [3.8, 4) is 5.75 Å². The largest absolute Gasteiger partial charge is 0.495 e. The van der Waals surface area contributed by atoms with Crippen LogP contribution in [0.5, 0.6) is 5.75 Å². The number of hydrogen-bond acceptors (Lipinski definition) is 7. The first-order valence-electron chi connectivity index (χ1n) is 9.99. The van der Waals surface area contributed by atoms with Gasteiger partial charge in [0.15, 0.2) is 0 Å². The van der Waals surface area contributed by atoms with Crippen LogP contribution in [-0.2, 0) is 10.0 Å². The van der Waals surface area contributed by atoms with Crippen molar-refractivity contribution in [2.24, 2.45) is 5.92 Å². The van der Waals surface area contributed by atoms with Crippen LogP contribution in [0.3, 0.4) is 0 Å². The number of amides is 1. The van der Waals surface area contributed by atoms with Gasteiger partial charge >= 0.3 is 0 Å². The van der Waals surface area contributed by atoms with Gasteiger partial charge in [-0.2, -0.15) is 0 Å². The molecule has 0 aromatic heterocycles. The van der Waals surface area contributed by atoms with Crippen molar-refractivity contribution in [3.05, 3.63) is 52.1 Å². The highest BCUT2D eigenvalue weighted by Crippen LogP contribution is 2.32. The molecule has 1 heterocycles. The molecule has 0 spiro atoms. The molecule has 11 heteroatoms. The summed E-state index contributed by atoms with van der Waals surface area (Å²) in [4.78, 5) is 25.9. The van der Waals surface area contributed by atoms with Gasteiger partial charge in [0.1, 0.15) is 5.75 Å². The molecule has 0 bridgehead atoms. The molecule has 1 fully saturated rings. The second-order valence-corrected chi connectivity index (χ2v) is 10.1. The lowest BCUT2D eigenvalue weighted by Gasteiger charge is -2.30. The lowest BCUT2D eigenvalue weighted by atomic mass is 9.98. The second kappa shape index (κ2) is 9.78. The van der Waals surface area contributed by atoms with Gasteiger partial charge in [-0.25, -0.2) is 8.42 Å². The van der Waals surface area contributed by atoms with Crippen molar-refractivity contribution < 1.29 is 22.9 Å². The number of methoxy groups -OCH3 is 1. The van der Waals surface area contributed by atoms with Crippen molar-refractivity contribution in [2.45, 2.75) is 29.6 Å². The quantitative estimate of drug-likeness (QED) is 0.362. The van der Waals surface area contributed by atoms with Gasteiger partial charge in [-0.1, -0.05) is 6.92 Å². The Labute approximate surface area is 191 Å². The number of nitro groups is 1. The van der Waals surface area contributed by atoms with Crippen LogP contribution in [0.25, 0.3) is 0 Å². The van der Waals surface area contributed by atoms with Crippen molar-refractivity contribution in [2.75, 3.05) is 31.2 Å². The zero-order chi connectivity index (χ0) is 23.5. The summed E-state index contributed by atoms with van der Waals surface area (Å²) in [7, 11) is -2.81. The number of carbonyl (C=O) groups excluding carboxylic acids is 1. The van der Waals surface area contributed by atoms with E-state index in [1.54, 1.807) is 11.0 Å². The number of non-ortho nitro benzene ring substituents is 1. The molecule has 1 aliphatic heterocycles. The van der Waals surface area contributed by atoms with E-state index in [-0.39, 0.29) is 27.9 Å². The number of hydrogen-bond donors (Lipinski definition) is 1. The standard InChI is InChI=1S/C21H25N3O6S2/c1-14-8-10-23(11-9-14)21(25)17-13-16(5-7-20(17)31-3)32(28,29)22-18-12-15(24(26)27)4-6-19(18)30-2/h4-7,12-14,22H,8-11H2,1-3H3. The number of carbonyl (C=O) groups is 1. The smallest absolute Gasteiger partial charge is 0.271 e. The molecule has 2 aromatic carbocycles. The van der Waals surface area contributed by atoms with E-state index in [9.17, 15) is 23.3 Å². The monoisotopic (exact) mass is 479 g/mol. The molecule has 1 N–H and O–H groups in total. The van der Waals surface area contributed by atoms with Crippen molar-refractivity contribution in [3.63, 3.8) is 0 Å². The van der Waals surface area contributed by atoms with Gasteiger partial charge in [0, 0.05) is 30.1 Å². The number of thioether (sulfide) groups is 1. The van der Waals surface area contributed by atoms with Gasteiger partial charge in [0.25, 0.3) is 21.6 Å². The molecule has 172 valence electrons. The van der Waals surface area contributed by atoms with Gasteiger partial charge in [-0.15, -0.1) is 11.8 Å². The number of nitro benzene ring substituents is 1. The number of nitrogens with zero attached hydrogens (tertiary/aromatic N) is 2. The Hall–Kier alpha value is -2.79. The third-order valence-corrected chi connectivity index (χ3v) is 7.58. The van der Waals surface area contributed by atoms with Crippen LogP contribution in [0.4, 0.5) is 11.4 Å². The Balaban J connectivity index is 1.95. The summed E-state index contributed by atoms with van der Waals surface area (Å²) in [6, 6.07) is 8.00. The Morgan fingerprint density at radius 2 is 1.91 bits per heavy atom. The first kappa shape index (κ1) is 23.9. The van der Waals surface area contributed by atoms with Crippen LogP contribution < -0.4 is 9.46 Å². The third-order valence-electron chi connectivity index (χ3n) is 5.42. The lowest BCUT2D eigenvalue weighted by Crippen LogP contribution is -2.38. The Kier molecular flexibility index (Phi) is 7.29.